The van der Waals surface area contributed by atoms with Crippen LogP contribution in [0.15, 0.2) is 65.9 Å². The molecule has 0 saturated carbocycles. The molecule has 2 aromatic rings. The number of nitrogens with zero attached hydrogens (tertiary/aromatic N) is 1. The molecule has 0 aromatic heterocycles. The zero-order chi connectivity index (χ0) is 20.3. The zero-order valence-corrected chi connectivity index (χ0v) is 17.5. The van der Waals surface area contributed by atoms with Crippen LogP contribution in [0.2, 0.25) is 0 Å². The first kappa shape index (κ1) is 20.1. The van der Waals surface area contributed by atoms with E-state index in [1.807, 2.05) is 87.2 Å². The SMILES string of the molecule is CCN1C(=S)NC(c2ccc(OC(C)C)cc2)C(C(=O)c2ccccc2)=C1C. The van der Waals surface area contributed by atoms with Crippen molar-refractivity contribution in [2.24, 2.45) is 0 Å². The van der Waals surface area contributed by atoms with Crippen molar-refractivity contribution in [2.45, 2.75) is 39.8 Å². The highest BCUT2D eigenvalue weighted by molar-refractivity contribution is 7.80. The van der Waals surface area contributed by atoms with Crippen molar-refractivity contribution < 1.29 is 9.53 Å². The summed E-state index contributed by atoms with van der Waals surface area (Å²) in [6, 6.07) is 16.9. The van der Waals surface area contributed by atoms with Crippen LogP contribution in [0.3, 0.4) is 0 Å². The van der Waals surface area contributed by atoms with Gasteiger partial charge in [0, 0.05) is 23.4 Å². The molecule has 0 amide bonds. The van der Waals surface area contributed by atoms with E-state index in [1.165, 1.54) is 0 Å². The van der Waals surface area contributed by atoms with E-state index in [1.54, 1.807) is 0 Å². The summed E-state index contributed by atoms with van der Waals surface area (Å²) in [5.74, 6) is 0.822. The lowest BCUT2D eigenvalue weighted by Crippen LogP contribution is -2.47. The van der Waals surface area contributed by atoms with Crippen molar-refractivity contribution >= 4 is 23.1 Å². The van der Waals surface area contributed by atoms with Gasteiger partial charge >= 0.3 is 0 Å². The fourth-order valence-corrected chi connectivity index (χ4v) is 3.85. The molecule has 1 N–H and O–H groups in total. The molecular formula is C23H26N2O2S. The third-order valence-corrected chi connectivity index (χ3v) is 5.12. The fourth-order valence-electron chi connectivity index (χ4n) is 3.46. The summed E-state index contributed by atoms with van der Waals surface area (Å²) in [4.78, 5) is 15.4. The van der Waals surface area contributed by atoms with Crippen LogP contribution >= 0.6 is 12.2 Å². The summed E-state index contributed by atoms with van der Waals surface area (Å²) in [6.07, 6.45) is 0.113. The molecule has 1 heterocycles. The Morgan fingerprint density at radius 2 is 1.79 bits per heavy atom. The lowest BCUT2D eigenvalue weighted by atomic mass is 9.89. The minimum absolute atomic E-state index is 0.0130. The average Bonchev–Trinajstić information content (AvgIpc) is 2.68. The molecule has 28 heavy (non-hydrogen) atoms. The first-order valence-electron chi connectivity index (χ1n) is 9.57. The number of carbonyl (C=O) groups excluding carboxylic acids is 1. The number of allylic oxidation sites excluding steroid dienone is 1. The number of hydrogen-bond donors (Lipinski definition) is 1. The number of nitrogens with one attached hydrogen (secondary N) is 1. The smallest absolute Gasteiger partial charge is 0.193 e. The normalized spacial score (nSPS) is 17.0. The molecule has 4 nitrogen and oxygen atoms in total. The van der Waals surface area contributed by atoms with Crippen LogP contribution < -0.4 is 10.1 Å². The molecule has 0 bridgehead atoms. The van der Waals surface area contributed by atoms with E-state index in [-0.39, 0.29) is 17.9 Å². The Labute approximate surface area is 172 Å². The van der Waals surface area contributed by atoms with E-state index >= 15 is 0 Å². The average molecular weight is 395 g/mol. The maximum absolute atomic E-state index is 13.4. The van der Waals surface area contributed by atoms with Crippen LogP contribution in [0.5, 0.6) is 5.75 Å². The van der Waals surface area contributed by atoms with E-state index in [2.05, 4.69) is 5.32 Å². The predicted octanol–water partition coefficient (Wildman–Crippen LogP) is 4.88. The Morgan fingerprint density at radius 1 is 1.14 bits per heavy atom. The number of carbonyl (C=O) groups is 1. The lowest BCUT2D eigenvalue weighted by molar-refractivity contribution is 0.102. The van der Waals surface area contributed by atoms with Crippen molar-refractivity contribution in [3.05, 3.63) is 77.0 Å². The van der Waals surface area contributed by atoms with Gasteiger partial charge in [-0.1, -0.05) is 42.5 Å². The number of hydrogen-bond acceptors (Lipinski definition) is 3. The second kappa shape index (κ2) is 8.57. The minimum atomic E-state index is -0.295. The summed E-state index contributed by atoms with van der Waals surface area (Å²) in [5, 5.41) is 4.00. The topological polar surface area (TPSA) is 41.6 Å². The van der Waals surface area contributed by atoms with Crippen LogP contribution in [-0.2, 0) is 0 Å². The highest BCUT2D eigenvalue weighted by Gasteiger charge is 2.33. The number of benzene rings is 2. The number of Topliss-reactive ketones (excluding diaryl/α,β-unsaturated/α-hetero) is 1. The van der Waals surface area contributed by atoms with Gasteiger partial charge in [-0.25, -0.2) is 0 Å². The number of thiocarbonyl (C=S) groups is 1. The molecule has 1 atom stereocenters. The van der Waals surface area contributed by atoms with Gasteiger partial charge in [-0.15, -0.1) is 0 Å². The van der Waals surface area contributed by atoms with Gasteiger partial charge < -0.3 is 15.0 Å². The Kier molecular flexibility index (Phi) is 6.15. The van der Waals surface area contributed by atoms with E-state index in [4.69, 9.17) is 17.0 Å². The van der Waals surface area contributed by atoms with E-state index < -0.39 is 0 Å². The van der Waals surface area contributed by atoms with Crippen LogP contribution in [0.25, 0.3) is 0 Å². The molecule has 1 aliphatic heterocycles. The van der Waals surface area contributed by atoms with Gasteiger partial charge in [0.2, 0.25) is 0 Å². The zero-order valence-electron chi connectivity index (χ0n) is 16.7. The fraction of sp³-hybridized carbons (Fsp3) is 0.304. The summed E-state index contributed by atoms with van der Waals surface area (Å²) in [6.45, 7) is 8.70. The van der Waals surface area contributed by atoms with Crippen molar-refractivity contribution in [1.29, 1.82) is 0 Å². The Bertz CT molecular complexity index is 889. The molecule has 3 rings (SSSR count). The van der Waals surface area contributed by atoms with Crippen molar-refractivity contribution in [1.82, 2.24) is 10.2 Å². The molecule has 0 radical (unpaired) electrons. The highest BCUT2D eigenvalue weighted by Crippen LogP contribution is 2.33. The molecule has 1 aliphatic rings. The summed E-state index contributed by atoms with van der Waals surface area (Å²) in [5.41, 5.74) is 3.27. The largest absolute Gasteiger partial charge is 0.491 e. The monoisotopic (exact) mass is 394 g/mol. The van der Waals surface area contributed by atoms with E-state index in [0.29, 0.717) is 17.2 Å². The lowest BCUT2D eigenvalue weighted by Gasteiger charge is -2.37. The molecule has 5 heteroatoms. The first-order chi connectivity index (χ1) is 13.4. The minimum Gasteiger partial charge on any atom is -0.491 e. The van der Waals surface area contributed by atoms with Crippen LogP contribution in [0, 0.1) is 0 Å². The molecule has 1 unspecified atom stereocenters. The highest BCUT2D eigenvalue weighted by atomic mass is 32.1. The third kappa shape index (κ3) is 4.09. The molecular weight excluding hydrogens is 368 g/mol. The quantitative estimate of drug-likeness (QED) is 0.558. The second-order valence-electron chi connectivity index (χ2n) is 7.06. The van der Waals surface area contributed by atoms with Crippen molar-refractivity contribution in [3.8, 4) is 5.75 Å². The third-order valence-electron chi connectivity index (χ3n) is 4.78. The number of ketones is 1. The molecule has 0 saturated heterocycles. The molecule has 0 fully saturated rings. The molecule has 0 spiro atoms. The van der Waals surface area contributed by atoms with Crippen molar-refractivity contribution in [2.75, 3.05) is 6.54 Å². The molecule has 0 aliphatic carbocycles. The van der Waals surface area contributed by atoms with Gasteiger partial charge in [0.25, 0.3) is 0 Å². The van der Waals surface area contributed by atoms with Gasteiger partial charge in [-0.05, 0) is 57.6 Å². The maximum atomic E-state index is 13.4. The summed E-state index contributed by atoms with van der Waals surface area (Å²) < 4.78 is 5.74. The van der Waals surface area contributed by atoms with Gasteiger partial charge in [0.15, 0.2) is 10.9 Å². The van der Waals surface area contributed by atoms with Crippen LogP contribution in [0.1, 0.15) is 49.7 Å². The standard InChI is InChI=1S/C23H26N2O2S/c1-5-25-16(4)20(22(26)18-9-7-6-8-10-18)21(24-23(25)28)17-11-13-19(14-12-17)27-15(2)3/h6-15,21H,5H2,1-4H3,(H,24,28). The Morgan fingerprint density at radius 3 is 2.36 bits per heavy atom. The Hall–Kier alpha value is -2.66. The predicted molar refractivity (Wildman–Crippen MR) is 117 cm³/mol. The summed E-state index contributed by atoms with van der Waals surface area (Å²) in [7, 11) is 0. The second-order valence-corrected chi connectivity index (χ2v) is 7.44. The summed E-state index contributed by atoms with van der Waals surface area (Å²) >= 11 is 5.56. The van der Waals surface area contributed by atoms with Crippen LogP contribution in [0.4, 0.5) is 0 Å². The van der Waals surface area contributed by atoms with Gasteiger partial charge in [-0.3, -0.25) is 4.79 Å². The maximum Gasteiger partial charge on any atom is 0.193 e. The van der Waals surface area contributed by atoms with Crippen LogP contribution in [-0.4, -0.2) is 28.4 Å². The molecule has 2 aromatic carbocycles. The van der Waals surface area contributed by atoms with Crippen molar-refractivity contribution in [3.63, 3.8) is 0 Å². The number of rotatable bonds is 6. The van der Waals surface area contributed by atoms with Gasteiger partial charge in [-0.2, -0.15) is 0 Å². The van der Waals surface area contributed by atoms with E-state index in [9.17, 15) is 4.79 Å². The first-order valence-corrected chi connectivity index (χ1v) is 9.98. The number of ether oxygens (including phenoxy) is 1. The van der Waals surface area contributed by atoms with Gasteiger partial charge in [0.05, 0.1) is 12.1 Å². The molecule has 146 valence electrons. The van der Waals surface area contributed by atoms with E-state index in [0.717, 1.165) is 22.6 Å². The van der Waals surface area contributed by atoms with Gasteiger partial charge in [0.1, 0.15) is 5.75 Å². The Balaban J connectivity index is 2.03.